The van der Waals surface area contributed by atoms with Crippen LogP contribution in [0.5, 0.6) is 0 Å². The summed E-state index contributed by atoms with van der Waals surface area (Å²) in [5.41, 5.74) is 6.53. The fourth-order valence-electron chi connectivity index (χ4n) is 3.10. The average Bonchev–Trinajstić information content (AvgIpc) is 3.14. The van der Waals surface area contributed by atoms with Crippen molar-refractivity contribution >= 4 is 44.5 Å². The van der Waals surface area contributed by atoms with E-state index in [2.05, 4.69) is 15.3 Å². The maximum atomic E-state index is 10.6. The maximum absolute atomic E-state index is 10.6. The Morgan fingerprint density at radius 1 is 1.46 bits per heavy atom. The standard InChI is InChI=1S/C12H18BN5O6PS/c13-25(21)22-3-5-8(24-25)7(20)11(23-5)18-4-15-6-9(14)16-12(17-10(6)18)26-2-1-19/h5,7-8,11,15,19-21H,1-4H2,(H2,14,16,17)/q+1/t5?,7?,8-,11?,25?/m1/s1. The fourth-order valence-corrected chi connectivity index (χ4v) is 4.72. The van der Waals surface area contributed by atoms with Crippen molar-refractivity contribution in [3.05, 3.63) is 0 Å². The first-order valence-electron chi connectivity index (χ1n) is 7.88. The van der Waals surface area contributed by atoms with Gasteiger partial charge in [0.1, 0.15) is 24.5 Å². The zero-order valence-corrected chi connectivity index (χ0v) is 15.3. The number of nitrogens with one attached hydrogen (secondary N) is 1. The third-order valence-electron chi connectivity index (χ3n) is 4.23. The molecule has 0 amide bonds. The number of anilines is 3. The number of nitrogens with two attached hydrogens (primary N) is 1. The largest absolute Gasteiger partial charge is 0.488 e. The summed E-state index contributed by atoms with van der Waals surface area (Å²) in [4.78, 5) is 20.1. The Morgan fingerprint density at radius 2 is 2.27 bits per heavy atom. The summed E-state index contributed by atoms with van der Waals surface area (Å²) in [6, 6.07) is 0. The zero-order valence-electron chi connectivity index (χ0n) is 13.6. The van der Waals surface area contributed by atoms with Gasteiger partial charge < -0.3 is 30.9 Å². The lowest BCUT2D eigenvalue weighted by molar-refractivity contribution is -0.0440. The second-order valence-corrected chi connectivity index (χ2v) is 8.61. The van der Waals surface area contributed by atoms with Gasteiger partial charge in [-0.05, 0) is 0 Å². The molecule has 6 N–H and O–H groups in total. The van der Waals surface area contributed by atoms with Crippen LogP contribution in [0.25, 0.3) is 0 Å². The molecule has 140 valence electrons. The van der Waals surface area contributed by atoms with E-state index in [9.17, 15) is 10.00 Å². The Kier molecular flexibility index (Phi) is 4.91. The molecule has 4 heterocycles. The molecule has 0 bridgehead atoms. The van der Waals surface area contributed by atoms with Crippen molar-refractivity contribution in [2.75, 3.05) is 41.6 Å². The molecule has 2 saturated heterocycles. The average molecular weight is 402 g/mol. The summed E-state index contributed by atoms with van der Waals surface area (Å²) in [6.07, 6.45) is -3.23. The predicted octanol–water partition coefficient (Wildman–Crippen LogP) is -1.33. The second-order valence-electron chi connectivity index (χ2n) is 5.95. The molecule has 3 aliphatic heterocycles. The van der Waals surface area contributed by atoms with E-state index in [1.807, 2.05) is 0 Å². The number of thioether (sulfide) groups is 1. The Labute approximate surface area is 155 Å². The Hall–Kier alpha value is -0.915. The molecule has 0 aromatic carbocycles. The van der Waals surface area contributed by atoms with Crippen LogP contribution in [-0.4, -0.2) is 82.8 Å². The van der Waals surface area contributed by atoms with Crippen molar-refractivity contribution in [2.24, 2.45) is 0 Å². The first-order valence-corrected chi connectivity index (χ1v) is 10.5. The van der Waals surface area contributed by atoms with Gasteiger partial charge in [0.15, 0.2) is 29.1 Å². The molecule has 2 radical (unpaired) electrons. The van der Waals surface area contributed by atoms with Gasteiger partial charge in [0.2, 0.25) is 0 Å². The lowest BCUT2D eigenvalue weighted by atomic mass is 10.1. The van der Waals surface area contributed by atoms with Crippen LogP contribution in [0.2, 0.25) is 0 Å². The Balaban J connectivity index is 1.58. The van der Waals surface area contributed by atoms with Crippen molar-refractivity contribution in [2.45, 2.75) is 29.7 Å². The lowest BCUT2D eigenvalue weighted by Gasteiger charge is -2.28. The van der Waals surface area contributed by atoms with Crippen molar-refractivity contribution in [3.63, 3.8) is 0 Å². The number of aromatic nitrogens is 2. The summed E-state index contributed by atoms with van der Waals surface area (Å²) in [7, 11) is 2.08. The Bertz CT molecular complexity index is 704. The quantitative estimate of drug-likeness (QED) is 0.175. The number of fused-ring (bicyclic) bond motifs is 2. The fraction of sp³-hybridized carbons (Fsp3) is 0.667. The third kappa shape index (κ3) is 3.23. The molecule has 14 heteroatoms. The van der Waals surface area contributed by atoms with Crippen LogP contribution in [-0.2, 0) is 13.8 Å². The molecule has 3 aliphatic rings. The molecule has 0 aliphatic carbocycles. The Morgan fingerprint density at radius 3 is 3.04 bits per heavy atom. The van der Waals surface area contributed by atoms with Gasteiger partial charge >= 0.3 is 15.4 Å². The monoisotopic (exact) mass is 402 g/mol. The topological polar surface area (TPSA) is 155 Å². The predicted molar refractivity (Wildman–Crippen MR) is 95.6 cm³/mol. The summed E-state index contributed by atoms with van der Waals surface area (Å²) < 4.78 is 16.2. The number of hydrogen-bond acceptors (Lipinski definition) is 12. The van der Waals surface area contributed by atoms with Gasteiger partial charge in [0, 0.05) is 5.75 Å². The second kappa shape index (κ2) is 6.91. The SMILES string of the molecule is [B][P+]1(O)OCC2OC(N3CNc4c(N)nc(SCCO)nc43)C(O)[C@@H]2O1. The van der Waals surface area contributed by atoms with Gasteiger partial charge in [0.25, 0.3) is 0 Å². The van der Waals surface area contributed by atoms with Gasteiger partial charge in [-0.3, -0.25) is 0 Å². The molecule has 26 heavy (non-hydrogen) atoms. The third-order valence-corrected chi connectivity index (χ3v) is 6.12. The molecular formula is C12H18BN5O6PS+. The van der Waals surface area contributed by atoms with E-state index in [0.29, 0.717) is 29.1 Å². The summed E-state index contributed by atoms with van der Waals surface area (Å²) >= 11 is 1.27. The van der Waals surface area contributed by atoms with Crippen LogP contribution < -0.4 is 16.0 Å². The van der Waals surface area contributed by atoms with Crippen LogP contribution in [0.4, 0.5) is 17.3 Å². The van der Waals surface area contributed by atoms with Crippen LogP contribution >= 0.6 is 19.6 Å². The van der Waals surface area contributed by atoms with Crippen LogP contribution in [0.15, 0.2) is 5.16 Å². The van der Waals surface area contributed by atoms with E-state index < -0.39 is 32.4 Å². The number of aliphatic hydroxyl groups is 2. The van der Waals surface area contributed by atoms with Crippen LogP contribution in [0.1, 0.15) is 0 Å². The highest BCUT2D eigenvalue weighted by atomic mass is 32.2. The van der Waals surface area contributed by atoms with Crippen LogP contribution in [0, 0.1) is 0 Å². The molecule has 0 saturated carbocycles. The van der Waals surface area contributed by atoms with E-state index in [-0.39, 0.29) is 19.0 Å². The molecular weight excluding hydrogens is 384 g/mol. The van der Waals surface area contributed by atoms with E-state index >= 15 is 0 Å². The van der Waals surface area contributed by atoms with Crippen molar-refractivity contribution in [1.82, 2.24) is 9.97 Å². The van der Waals surface area contributed by atoms with Crippen LogP contribution in [0.3, 0.4) is 0 Å². The minimum atomic E-state index is -3.44. The van der Waals surface area contributed by atoms with Gasteiger partial charge in [-0.15, -0.1) is 0 Å². The van der Waals surface area contributed by atoms with Crippen molar-refractivity contribution in [1.29, 1.82) is 0 Å². The first kappa shape index (κ1) is 18.4. The lowest BCUT2D eigenvalue weighted by Crippen LogP contribution is -2.45. The normalized spacial score (nSPS) is 35.9. The molecule has 4 unspecified atom stereocenters. The van der Waals surface area contributed by atoms with Gasteiger partial charge in [-0.25, -0.2) is 14.9 Å². The number of hydrogen-bond donors (Lipinski definition) is 5. The molecule has 0 spiro atoms. The van der Waals surface area contributed by atoms with Gasteiger partial charge in [0.05, 0.1) is 13.3 Å². The molecule has 1 aromatic heterocycles. The number of nitrogens with zero attached hydrogens (tertiary/aromatic N) is 3. The smallest absolute Gasteiger partial charge is 0.396 e. The molecule has 4 rings (SSSR count). The zero-order chi connectivity index (χ0) is 18.5. The number of rotatable bonds is 4. The molecule has 1 aromatic rings. The van der Waals surface area contributed by atoms with Crippen molar-refractivity contribution < 1.29 is 28.9 Å². The molecule has 11 nitrogen and oxygen atoms in total. The van der Waals surface area contributed by atoms with Crippen molar-refractivity contribution in [3.8, 4) is 0 Å². The van der Waals surface area contributed by atoms with E-state index in [0.717, 1.165) is 0 Å². The first-order chi connectivity index (χ1) is 12.4. The summed E-state index contributed by atoms with van der Waals surface area (Å²) in [5.74, 6) is 1.19. The highest BCUT2D eigenvalue weighted by Crippen LogP contribution is 2.58. The number of ether oxygens (including phenoxy) is 1. The minimum absolute atomic E-state index is 0.0107. The number of nitrogen functional groups attached to an aromatic ring is 1. The highest BCUT2D eigenvalue weighted by Gasteiger charge is 2.58. The summed E-state index contributed by atoms with van der Waals surface area (Å²) in [5, 5.41) is 23.1. The van der Waals surface area contributed by atoms with E-state index in [1.54, 1.807) is 4.90 Å². The molecule has 5 atom stereocenters. The van der Waals surface area contributed by atoms with E-state index in [1.165, 1.54) is 11.8 Å². The highest BCUT2D eigenvalue weighted by molar-refractivity contribution is 7.99. The number of aliphatic hydroxyl groups excluding tert-OH is 2. The minimum Gasteiger partial charge on any atom is -0.396 e. The van der Waals surface area contributed by atoms with Gasteiger partial charge in [-0.1, -0.05) is 11.8 Å². The maximum Gasteiger partial charge on any atom is 0.488 e. The summed E-state index contributed by atoms with van der Waals surface area (Å²) in [6.45, 7) is 0.312. The molecule has 2 fully saturated rings. The van der Waals surface area contributed by atoms with Gasteiger partial charge in [-0.2, -0.15) is 9.05 Å². The van der Waals surface area contributed by atoms with E-state index in [4.69, 9.17) is 32.2 Å².